The van der Waals surface area contributed by atoms with E-state index in [4.69, 9.17) is 0 Å². The summed E-state index contributed by atoms with van der Waals surface area (Å²) in [4.78, 5) is 25.1. The van der Waals surface area contributed by atoms with E-state index in [9.17, 15) is 4.79 Å². The molecule has 0 spiro atoms. The number of nitrogens with one attached hydrogen (secondary N) is 1. The van der Waals surface area contributed by atoms with Gasteiger partial charge in [-0.2, -0.15) is 0 Å². The number of pyridine rings is 1. The topological polar surface area (TPSA) is 71.0 Å². The number of Topliss-reactive ketones (excluding diaryl/α,β-unsaturated/α-hetero) is 1. The molecule has 0 radical (unpaired) electrons. The summed E-state index contributed by atoms with van der Waals surface area (Å²) in [5.41, 5.74) is 0.897. The molecule has 0 saturated heterocycles. The van der Waals surface area contributed by atoms with Crippen LogP contribution in [0.2, 0.25) is 0 Å². The van der Waals surface area contributed by atoms with Gasteiger partial charge in [-0.15, -0.1) is 0 Å². The third kappa shape index (κ3) is 3.74. The molecule has 1 N–H and O–H groups in total. The second-order valence-electron chi connectivity index (χ2n) is 4.18. The normalized spacial score (nSPS) is 10.0. The van der Waals surface area contributed by atoms with Gasteiger partial charge in [0.25, 0.3) is 0 Å². The standard InChI is InChI=1S/C13H15N5O/c1-10(19)8-18(2)13-7-12(15-9-16-13)17-11-3-5-14-6-4-11/h3-7,9H,8H2,1-2H3,(H,14,15,16,17). The summed E-state index contributed by atoms with van der Waals surface area (Å²) < 4.78 is 0. The van der Waals surface area contributed by atoms with Crippen LogP contribution in [0.5, 0.6) is 0 Å². The quantitative estimate of drug-likeness (QED) is 0.878. The zero-order chi connectivity index (χ0) is 13.7. The summed E-state index contributed by atoms with van der Waals surface area (Å²) in [6.07, 6.45) is 4.87. The van der Waals surface area contributed by atoms with Crippen molar-refractivity contribution in [1.29, 1.82) is 0 Å². The Hall–Kier alpha value is -2.50. The van der Waals surface area contributed by atoms with Crippen LogP contribution >= 0.6 is 0 Å². The highest BCUT2D eigenvalue weighted by Crippen LogP contribution is 2.16. The molecule has 0 saturated carbocycles. The van der Waals surface area contributed by atoms with E-state index >= 15 is 0 Å². The van der Waals surface area contributed by atoms with Gasteiger partial charge in [0.15, 0.2) is 0 Å². The second kappa shape index (κ2) is 5.90. The van der Waals surface area contributed by atoms with Crippen molar-refractivity contribution in [1.82, 2.24) is 15.0 Å². The Morgan fingerprint density at radius 2 is 2.05 bits per heavy atom. The highest BCUT2D eigenvalue weighted by Gasteiger charge is 2.06. The summed E-state index contributed by atoms with van der Waals surface area (Å²) in [5.74, 6) is 1.46. The minimum atomic E-state index is 0.0877. The van der Waals surface area contributed by atoms with E-state index in [0.717, 1.165) is 5.69 Å². The van der Waals surface area contributed by atoms with Crippen LogP contribution in [-0.4, -0.2) is 34.3 Å². The summed E-state index contributed by atoms with van der Waals surface area (Å²) in [5, 5.41) is 3.15. The van der Waals surface area contributed by atoms with Gasteiger partial charge in [0.2, 0.25) is 0 Å². The van der Waals surface area contributed by atoms with Crippen LogP contribution in [0, 0.1) is 0 Å². The van der Waals surface area contributed by atoms with Gasteiger partial charge in [0.1, 0.15) is 23.7 Å². The molecule has 19 heavy (non-hydrogen) atoms. The number of carbonyl (C=O) groups excluding carboxylic acids is 1. The molecule has 0 atom stereocenters. The smallest absolute Gasteiger partial charge is 0.149 e. The summed E-state index contributed by atoms with van der Waals surface area (Å²) in [7, 11) is 1.82. The Labute approximate surface area is 111 Å². The van der Waals surface area contributed by atoms with Crippen molar-refractivity contribution in [3.8, 4) is 0 Å². The van der Waals surface area contributed by atoms with Crippen molar-refractivity contribution in [2.45, 2.75) is 6.92 Å². The molecule has 0 aliphatic carbocycles. The molecule has 0 aliphatic rings. The first-order valence-electron chi connectivity index (χ1n) is 5.85. The van der Waals surface area contributed by atoms with Gasteiger partial charge < -0.3 is 10.2 Å². The van der Waals surface area contributed by atoms with E-state index in [2.05, 4.69) is 20.3 Å². The van der Waals surface area contributed by atoms with Crippen molar-refractivity contribution in [2.24, 2.45) is 0 Å². The molecule has 2 heterocycles. The average Bonchev–Trinajstić information content (AvgIpc) is 2.39. The Morgan fingerprint density at radius 1 is 1.32 bits per heavy atom. The summed E-state index contributed by atoms with van der Waals surface area (Å²) >= 11 is 0. The van der Waals surface area contributed by atoms with Gasteiger partial charge in [-0.3, -0.25) is 9.78 Å². The van der Waals surface area contributed by atoms with Crippen molar-refractivity contribution in [3.63, 3.8) is 0 Å². The Bertz CT molecular complexity index is 558. The van der Waals surface area contributed by atoms with E-state index in [1.165, 1.54) is 6.33 Å². The number of carbonyl (C=O) groups is 1. The highest BCUT2D eigenvalue weighted by atomic mass is 16.1. The summed E-state index contributed by atoms with van der Waals surface area (Å²) in [6, 6.07) is 5.49. The van der Waals surface area contributed by atoms with Gasteiger partial charge >= 0.3 is 0 Å². The minimum absolute atomic E-state index is 0.0877. The number of ketones is 1. The van der Waals surface area contributed by atoms with E-state index in [1.807, 2.05) is 19.2 Å². The van der Waals surface area contributed by atoms with Crippen LogP contribution in [0.25, 0.3) is 0 Å². The number of anilines is 3. The zero-order valence-corrected chi connectivity index (χ0v) is 10.9. The lowest BCUT2D eigenvalue weighted by Crippen LogP contribution is -2.24. The van der Waals surface area contributed by atoms with Crippen molar-refractivity contribution in [2.75, 3.05) is 23.8 Å². The maximum Gasteiger partial charge on any atom is 0.149 e. The first-order valence-corrected chi connectivity index (χ1v) is 5.85. The van der Waals surface area contributed by atoms with E-state index in [1.54, 1.807) is 30.3 Å². The molecule has 6 nitrogen and oxygen atoms in total. The van der Waals surface area contributed by atoms with Crippen LogP contribution in [0.4, 0.5) is 17.3 Å². The molecule has 0 amide bonds. The van der Waals surface area contributed by atoms with E-state index < -0.39 is 0 Å². The number of nitrogens with zero attached hydrogens (tertiary/aromatic N) is 4. The number of hydrogen-bond donors (Lipinski definition) is 1. The number of hydrogen-bond acceptors (Lipinski definition) is 6. The lowest BCUT2D eigenvalue weighted by atomic mass is 10.3. The molecule has 2 aromatic rings. The fourth-order valence-corrected chi connectivity index (χ4v) is 1.62. The zero-order valence-electron chi connectivity index (χ0n) is 10.9. The Kier molecular flexibility index (Phi) is 4.02. The molecule has 0 aromatic carbocycles. The Morgan fingerprint density at radius 3 is 2.74 bits per heavy atom. The molecule has 2 rings (SSSR count). The second-order valence-corrected chi connectivity index (χ2v) is 4.18. The van der Waals surface area contributed by atoms with Crippen molar-refractivity contribution >= 4 is 23.1 Å². The highest BCUT2D eigenvalue weighted by molar-refractivity contribution is 5.80. The monoisotopic (exact) mass is 257 g/mol. The SMILES string of the molecule is CC(=O)CN(C)c1cc(Nc2ccncc2)ncn1. The first kappa shape index (κ1) is 12.9. The predicted molar refractivity (Wildman–Crippen MR) is 73.5 cm³/mol. The lowest BCUT2D eigenvalue weighted by Gasteiger charge is -2.16. The van der Waals surface area contributed by atoms with Crippen LogP contribution in [0.1, 0.15) is 6.92 Å². The molecular weight excluding hydrogens is 242 g/mol. The van der Waals surface area contributed by atoms with Gasteiger partial charge in [-0.1, -0.05) is 0 Å². The van der Waals surface area contributed by atoms with Gasteiger partial charge in [-0.05, 0) is 19.1 Å². The fraction of sp³-hybridized carbons (Fsp3) is 0.231. The Balaban J connectivity index is 2.13. The molecular formula is C13H15N5O. The first-order chi connectivity index (χ1) is 9.15. The molecule has 0 fully saturated rings. The molecule has 2 aromatic heterocycles. The third-order valence-electron chi connectivity index (χ3n) is 2.46. The van der Waals surface area contributed by atoms with E-state index in [-0.39, 0.29) is 5.78 Å². The van der Waals surface area contributed by atoms with Crippen LogP contribution in [0.3, 0.4) is 0 Å². The van der Waals surface area contributed by atoms with E-state index in [0.29, 0.717) is 18.2 Å². The molecule has 0 aliphatic heterocycles. The number of likely N-dealkylation sites (N-methyl/N-ethyl adjacent to an activating group) is 1. The third-order valence-corrected chi connectivity index (χ3v) is 2.46. The number of aromatic nitrogens is 3. The van der Waals surface area contributed by atoms with Gasteiger partial charge in [-0.25, -0.2) is 9.97 Å². The maximum absolute atomic E-state index is 11.1. The molecule has 98 valence electrons. The van der Waals surface area contributed by atoms with Crippen LogP contribution in [0.15, 0.2) is 36.9 Å². The summed E-state index contributed by atoms with van der Waals surface area (Å²) in [6.45, 7) is 1.87. The molecule has 0 bridgehead atoms. The molecule has 0 unspecified atom stereocenters. The average molecular weight is 257 g/mol. The maximum atomic E-state index is 11.1. The number of rotatable bonds is 5. The van der Waals surface area contributed by atoms with Crippen molar-refractivity contribution in [3.05, 3.63) is 36.9 Å². The largest absolute Gasteiger partial charge is 0.352 e. The van der Waals surface area contributed by atoms with Crippen molar-refractivity contribution < 1.29 is 4.79 Å². The predicted octanol–water partition coefficient (Wildman–Crippen LogP) is 1.64. The van der Waals surface area contributed by atoms with Gasteiger partial charge in [0.05, 0.1) is 6.54 Å². The van der Waals surface area contributed by atoms with Crippen LogP contribution < -0.4 is 10.2 Å². The van der Waals surface area contributed by atoms with Gasteiger partial charge in [0, 0.05) is 31.2 Å². The van der Waals surface area contributed by atoms with Crippen LogP contribution in [-0.2, 0) is 4.79 Å². The lowest BCUT2D eigenvalue weighted by molar-refractivity contribution is -0.115. The fourth-order valence-electron chi connectivity index (χ4n) is 1.62. The minimum Gasteiger partial charge on any atom is -0.352 e. The molecule has 6 heteroatoms.